The van der Waals surface area contributed by atoms with Crippen LogP contribution in [-0.2, 0) is 4.74 Å². The van der Waals surface area contributed by atoms with Gasteiger partial charge in [-0.2, -0.15) is 0 Å². The van der Waals surface area contributed by atoms with E-state index < -0.39 is 6.10 Å². The SMILES string of the molecule is Cc1cccc2cc(C(O)COC(C)(C)C)oc12. The third kappa shape index (κ3) is 2.92. The van der Waals surface area contributed by atoms with Gasteiger partial charge in [0.25, 0.3) is 0 Å². The molecule has 98 valence electrons. The Labute approximate surface area is 107 Å². The number of benzene rings is 1. The summed E-state index contributed by atoms with van der Waals surface area (Å²) in [4.78, 5) is 0. The molecule has 0 aliphatic rings. The van der Waals surface area contributed by atoms with Crippen molar-refractivity contribution in [2.24, 2.45) is 0 Å². The number of para-hydroxylation sites is 1. The number of hydrogen-bond acceptors (Lipinski definition) is 3. The molecule has 0 saturated carbocycles. The van der Waals surface area contributed by atoms with Gasteiger partial charge in [0.1, 0.15) is 17.4 Å². The Hall–Kier alpha value is -1.32. The van der Waals surface area contributed by atoms with Gasteiger partial charge in [0.05, 0.1) is 12.2 Å². The van der Waals surface area contributed by atoms with Crippen molar-refractivity contribution in [3.8, 4) is 0 Å². The van der Waals surface area contributed by atoms with Crippen molar-refractivity contribution in [1.82, 2.24) is 0 Å². The van der Waals surface area contributed by atoms with Crippen LogP contribution in [-0.4, -0.2) is 17.3 Å². The molecule has 2 rings (SSSR count). The molecule has 1 atom stereocenters. The molecular formula is C15H20O3. The molecule has 1 N–H and O–H groups in total. The van der Waals surface area contributed by atoms with Gasteiger partial charge in [-0.15, -0.1) is 0 Å². The maximum Gasteiger partial charge on any atom is 0.137 e. The Morgan fingerprint density at radius 3 is 2.67 bits per heavy atom. The third-order valence-electron chi connectivity index (χ3n) is 2.76. The van der Waals surface area contributed by atoms with Crippen molar-refractivity contribution in [2.45, 2.75) is 39.4 Å². The lowest BCUT2D eigenvalue weighted by Crippen LogP contribution is -2.22. The molecule has 3 heteroatoms. The lowest BCUT2D eigenvalue weighted by molar-refractivity contribution is -0.0543. The molecule has 0 aliphatic carbocycles. The molecule has 0 aliphatic heterocycles. The maximum atomic E-state index is 10.1. The molecule has 2 aromatic rings. The van der Waals surface area contributed by atoms with Crippen LogP contribution in [0.1, 0.15) is 38.2 Å². The van der Waals surface area contributed by atoms with Crippen LogP contribution in [0.5, 0.6) is 0 Å². The topological polar surface area (TPSA) is 42.6 Å². The summed E-state index contributed by atoms with van der Waals surface area (Å²) in [6.07, 6.45) is -0.726. The predicted octanol–water partition coefficient (Wildman–Crippen LogP) is 3.59. The molecule has 18 heavy (non-hydrogen) atoms. The van der Waals surface area contributed by atoms with Crippen LogP contribution in [0.3, 0.4) is 0 Å². The van der Waals surface area contributed by atoms with Crippen molar-refractivity contribution in [1.29, 1.82) is 0 Å². The first-order valence-electron chi connectivity index (χ1n) is 6.18. The Kier molecular flexibility index (Phi) is 3.46. The largest absolute Gasteiger partial charge is 0.458 e. The molecule has 0 amide bonds. The van der Waals surface area contributed by atoms with Crippen LogP contribution >= 0.6 is 0 Å². The summed E-state index contributed by atoms with van der Waals surface area (Å²) in [7, 11) is 0. The summed E-state index contributed by atoms with van der Waals surface area (Å²) in [6.45, 7) is 8.11. The Balaban J connectivity index is 2.18. The van der Waals surface area contributed by atoms with E-state index in [1.165, 1.54) is 0 Å². The van der Waals surface area contributed by atoms with E-state index in [0.717, 1.165) is 16.5 Å². The fourth-order valence-electron chi connectivity index (χ4n) is 1.80. The zero-order chi connectivity index (χ0) is 13.3. The molecule has 0 bridgehead atoms. The normalized spacial score (nSPS) is 14.1. The first-order chi connectivity index (χ1) is 8.37. The van der Waals surface area contributed by atoms with Gasteiger partial charge in [-0.3, -0.25) is 0 Å². The summed E-state index contributed by atoms with van der Waals surface area (Å²) >= 11 is 0. The van der Waals surface area contributed by atoms with E-state index in [9.17, 15) is 5.11 Å². The molecule has 0 saturated heterocycles. The number of furan rings is 1. The molecule has 0 radical (unpaired) electrons. The average Bonchev–Trinajstić information content (AvgIpc) is 2.70. The van der Waals surface area contributed by atoms with Gasteiger partial charge in [0, 0.05) is 5.39 Å². The molecule has 1 aromatic carbocycles. The van der Waals surface area contributed by atoms with Crippen LogP contribution in [0.4, 0.5) is 0 Å². The fourth-order valence-corrected chi connectivity index (χ4v) is 1.80. The van der Waals surface area contributed by atoms with Crippen molar-refractivity contribution in [3.63, 3.8) is 0 Å². The zero-order valence-electron chi connectivity index (χ0n) is 11.4. The van der Waals surface area contributed by atoms with Crippen LogP contribution < -0.4 is 0 Å². The maximum absolute atomic E-state index is 10.1. The van der Waals surface area contributed by atoms with E-state index in [1.807, 2.05) is 52.0 Å². The van der Waals surface area contributed by atoms with Crippen LogP contribution in [0.25, 0.3) is 11.0 Å². The van der Waals surface area contributed by atoms with E-state index in [-0.39, 0.29) is 12.2 Å². The van der Waals surface area contributed by atoms with Crippen LogP contribution in [0, 0.1) is 6.92 Å². The van der Waals surface area contributed by atoms with E-state index in [2.05, 4.69) is 0 Å². The van der Waals surface area contributed by atoms with E-state index in [4.69, 9.17) is 9.15 Å². The summed E-state index contributed by atoms with van der Waals surface area (Å²) in [5.41, 5.74) is 1.65. The Morgan fingerprint density at radius 2 is 2.06 bits per heavy atom. The minimum atomic E-state index is -0.726. The van der Waals surface area contributed by atoms with Gasteiger partial charge in [-0.1, -0.05) is 18.2 Å². The van der Waals surface area contributed by atoms with Crippen molar-refractivity contribution < 1.29 is 14.3 Å². The number of aliphatic hydroxyl groups excluding tert-OH is 1. The van der Waals surface area contributed by atoms with Gasteiger partial charge >= 0.3 is 0 Å². The van der Waals surface area contributed by atoms with E-state index >= 15 is 0 Å². The standard InChI is InChI=1S/C15H20O3/c1-10-6-5-7-11-8-13(18-14(10)11)12(16)9-17-15(2,3)4/h5-8,12,16H,9H2,1-4H3. The first kappa shape index (κ1) is 13.1. The average molecular weight is 248 g/mol. The summed E-state index contributed by atoms with van der Waals surface area (Å²) in [5, 5.41) is 11.1. The molecule has 0 spiro atoms. The van der Waals surface area contributed by atoms with Crippen molar-refractivity contribution in [3.05, 3.63) is 35.6 Å². The highest BCUT2D eigenvalue weighted by molar-refractivity contribution is 5.80. The zero-order valence-corrected chi connectivity index (χ0v) is 11.4. The lowest BCUT2D eigenvalue weighted by Gasteiger charge is -2.21. The number of fused-ring (bicyclic) bond motifs is 1. The fraction of sp³-hybridized carbons (Fsp3) is 0.467. The highest BCUT2D eigenvalue weighted by Crippen LogP contribution is 2.27. The summed E-state index contributed by atoms with van der Waals surface area (Å²) in [5.74, 6) is 0.559. The number of hydrogen-bond donors (Lipinski definition) is 1. The van der Waals surface area contributed by atoms with Gasteiger partial charge < -0.3 is 14.3 Å². The molecule has 1 aromatic heterocycles. The number of rotatable bonds is 3. The summed E-state index contributed by atoms with van der Waals surface area (Å²) in [6, 6.07) is 7.83. The number of aryl methyl sites for hydroxylation is 1. The minimum absolute atomic E-state index is 0.238. The number of ether oxygens (including phenoxy) is 1. The van der Waals surface area contributed by atoms with Crippen molar-refractivity contribution in [2.75, 3.05) is 6.61 Å². The second-order valence-electron chi connectivity index (χ2n) is 5.58. The number of aliphatic hydroxyl groups is 1. The van der Waals surface area contributed by atoms with E-state index in [0.29, 0.717) is 5.76 Å². The van der Waals surface area contributed by atoms with Crippen LogP contribution in [0.15, 0.2) is 28.7 Å². The smallest absolute Gasteiger partial charge is 0.137 e. The second kappa shape index (κ2) is 4.75. The first-order valence-corrected chi connectivity index (χ1v) is 6.18. The molecule has 0 fully saturated rings. The monoisotopic (exact) mass is 248 g/mol. The Bertz CT molecular complexity index is 534. The molecule has 1 unspecified atom stereocenters. The lowest BCUT2D eigenvalue weighted by atomic mass is 10.1. The highest BCUT2D eigenvalue weighted by Gasteiger charge is 2.18. The highest BCUT2D eigenvalue weighted by atomic mass is 16.5. The minimum Gasteiger partial charge on any atom is -0.458 e. The van der Waals surface area contributed by atoms with Gasteiger partial charge in [0.2, 0.25) is 0 Å². The third-order valence-corrected chi connectivity index (χ3v) is 2.76. The van der Waals surface area contributed by atoms with Gasteiger partial charge in [-0.25, -0.2) is 0 Å². The predicted molar refractivity (Wildman–Crippen MR) is 71.6 cm³/mol. The summed E-state index contributed by atoms with van der Waals surface area (Å²) < 4.78 is 11.3. The molecular weight excluding hydrogens is 228 g/mol. The molecule has 3 nitrogen and oxygen atoms in total. The molecule has 1 heterocycles. The van der Waals surface area contributed by atoms with Crippen LogP contribution in [0.2, 0.25) is 0 Å². The van der Waals surface area contributed by atoms with Gasteiger partial charge in [-0.05, 0) is 39.3 Å². The van der Waals surface area contributed by atoms with E-state index in [1.54, 1.807) is 0 Å². The Morgan fingerprint density at radius 1 is 1.33 bits per heavy atom. The second-order valence-corrected chi connectivity index (χ2v) is 5.58. The quantitative estimate of drug-likeness (QED) is 0.902. The van der Waals surface area contributed by atoms with Crippen molar-refractivity contribution >= 4 is 11.0 Å². The van der Waals surface area contributed by atoms with Gasteiger partial charge in [0.15, 0.2) is 0 Å².